The summed E-state index contributed by atoms with van der Waals surface area (Å²) in [4.78, 5) is 4.71. The average Bonchev–Trinajstić information content (AvgIpc) is 2.97. The Kier molecular flexibility index (Phi) is 2.81. The van der Waals surface area contributed by atoms with E-state index in [1.54, 1.807) is 0 Å². The van der Waals surface area contributed by atoms with Crippen LogP contribution >= 0.6 is 0 Å². The number of aryl methyl sites for hydroxylation is 1. The molecule has 4 heteroatoms. The van der Waals surface area contributed by atoms with Crippen LogP contribution < -0.4 is 9.47 Å². The van der Waals surface area contributed by atoms with Crippen molar-refractivity contribution in [1.29, 1.82) is 0 Å². The van der Waals surface area contributed by atoms with Gasteiger partial charge >= 0.3 is 0 Å². The Morgan fingerprint density at radius 2 is 1.95 bits per heavy atom. The van der Waals surface area contributed by atoms with E-state index in [1.807, 2.05) is 28.8 Å². The van der Waals surface area contributed by atoms with E-state index in [-0.39, 0.29) is 0 Å². The second kappa shape index (κ2) is 4.81. The first-order chi connectivity index (χ1) is 10.3. The standard InChI is InChI=1S/C17H16N2O2/c1-2-12-5-6-19-11-14(18-17(19)9-12)13-3-4-15-16(10-13)21-8-7-20-15/h3-6,9-11H,2,7-8H2,1H3. The van der Waals surface area contributed by atoms with Crippen LogP contribution in [0.15, 0.2) is 42.7 Å². The molecule has 1 aromatic carbocycles. The summed E-state index contributed by atoms with van der Waals surface area (Å²) in [5, 5.41) is 0. The molecule has 0 N–H and O–H groups in total. The van der Waals surface area contributed by atoms with Gasteiger partial charge in [-0.25, -0.2) is 4.98 Å². The monoisotopic (exact) mass is 280 g/mol. The van der Waals surface area contributed by atoms with Crippen LogP contribution in [-0.4, -0.2) is 22.6 Å². The lowest BCUT2D eigenvalue weighted by Gasteiger charge is -2.18. The maximum Gasteiger partial charge on any atom is 0.162 e. The van der Waals surface area contributed by atoms with Crippen LogP contribution in [0.4, 0.5) is 0 Å². The molecular weight excluding hydrogens is 264 g/mol. The molecule has 0 saturated carbocycles. The fourth-order valence-corrected chi connectivity index (χ4v) is 2.59. The van der Waals surface area contributed by atoms with Gasteiger partial charge in [0, 0.05) is 18.0 Å². The predicted octanol–water partition coefficient (Wildman–Crippen LogP) is 3.33. The van der Waals surface area contributed by atoms with Crippen molar-refractivity contribution in [2.75, 3.05) is 13.2 Å². The smallest absolute Gasteiger partial charge is 0.162 e. The van der Waals surface area contributed by atoms with Gasteiger partial charge in [0.1, 0.15) is 18.9 Å². The lowest BCUT2D eigenvalue weighted by molar-refractivity contribution is 0.171. The zero-order valence-electron chi connectivity index (χ0n) is 11.9. The molecule has 4 nitrogen and oxygen atoms in total. The quantitative estimate of drug-likeness (QED) is 0.722. The topological polar surface area (TPSA) is 35.8 Å². The number of benzene rings is 1. The largest absolute Gasteiger partial charge is 0.486 e. The number of ether oxygens (including phenoxy) is 2. The van der Waals surface area contributed by atoms with E-state index in [2.05, 4.69) is 25.3 Å². The summed E-state index contributed by atoms with van der Waals surface area (Å²) in [5.41, 5.74) is 4.25. The van der Waals surface area contributed by atoms with E-state index in [9.17, 15) is 0 Å². The van der Waals surface area contributed by atoms with Gasteiger partial charge in [-0.05, 0) is 42.3 Å². The number of aromatic nitrogens is 2. The molecule has 0 saturated heterocycles. The molecule has 3 aromatic rings. The molecule has 0 bridgehead atoms. The highest BCUT2D eigenvalue weighted by molar-refractivity contribution is 5.66. The average molecular weight is 280 g/mol. The minimum absolute atomic E-state index is 0.599. The highest BCUT2D eigenvalue weighted by Crippen LogP contribution is 2.34. The molecule has 3 heterocycles. The third-order valence-electron chi connectivity index (χ3n) is 3.77. The summed E-state index contributed by atoms with van der Waals surface area (Å²) in [6, 6.07) is 10.2. The van der Waals surface area contributed by atoms with E-state index in [4.69, 9.17) is 14.5 Å². The third-order valence-corrected chi connectivity index (χ3v) is 3.77. The first-order valence-corrected chi connectivity index (χ1v) is 7.21. The number of fused-ring (bicyclic) bond motifs is 2. The molecule has 0 spiro atoms. The molecule has 0 radical (unpaired) electrons. The van der Waals surface area contributed by atoms with Gasteiger partial charge in [-0.1, -0.05) is 6.92 Å². The lowest BCUT2D eigenvalue weighted by atomic mass is 10.1. The first-order valence-electron chi connectivity index (χ1n) is 7.21. The van der Waals surface area contributed by atoms with Crippen LogP contribution in [0, 0.1) is 0 Å². The fraction of sp³-hybridized carbons (Fsp3) is 0.235. The van der Waals surface area contributed by atoms with Gasteiger partial charge in [0.05, 0.1) is 5.69 Å². The van der Waals surface area contributed by atoms with Crippen LogP contribution in [-0.2, 0) is 6.42 Å². The van der Waals surface area contributed by atoms with Crippen LogP contribution in [0.2, 0.25) is 0 Å². The second-order valence-electron chi connectivity index (χ2n) is 5.14. The Morgan fingerprint density at radius 1 is 1.10 bits per heavy atom. The van der Waals surface area contributed by atoms with Crippen LogP contribution in [0.3, 0.4) is 0 Å². The van der Waals surface area contributed by atoms with Crippen LogP contribution in [0.25, 0.3) is 16.9 Å². The molecule has 1 aliphatic heterocycles. The van der Waals surface area contributed by atoms with Gasteiger partial charge in [0.15, 0.2) is 11.5 Å². The number of pyridine rings is 1. The van der Waals surface area contributed by atoms with Crippen molar-refractivity contribution in [1.82, 2.24) is 9.38 Å². The normalized spacial score (nSPS) is 13.6. The number of hydrogen-bond acceptors (Lipinski definition) is 3. The molecular formula is C17H16N2O2. The summed E-state index contributed by atoms with van der Waals surface area (Å²) >= 11 is 0. The molecule has 4 rings (SSSR count). The summed E-state index contributed by atoms with van der Waals surface area (Å²) in [6.45, 7) is 3.36. The third kappa shape index (κ3) is 2.13. The molecule has 106 valence electrons. The van der Waals surface area contributed by atoms with Gasteiger partial charge in [0.2, 0.25) is 0 Å². The van der Waals surface area contributed by atoms with Crippen LogP contribution in [0.1, 0.15) is 12.5 Å². The van der Waals surface area contributed by atoms with Gasteiger partial charge in [-0.2, -0.15) is 0 Å². The molecule has 0 unspecified atom stereocenters. The van der Waals surface area contributed by atoms with Gasteiger partial charge in [-0.3, -0.25) is 0 Å². The first kappa shape index (κ1) is 12.3. The Labute approximate surface area is 123 Å². The van der Waals surface area contributed by atoms with Crippen molar-refractivity contribution in [3.05, 3.63) is 48.3 Å². The van der Waals surface area contributed by atoms with Crippen molar-refractivity contribution in [3.63, 3.8) is 0 Å². The minimum atomic E-state index is 0.599. The maximum absolute atomic E-state index is 5.64. The van der Waals surface area contributed by atoms with E-state index in [1.165, 1.54) is 5.56 Å². The fourth-order valence-electron chi connectivity index (χ4n) is 2.59. The van der Waals surface area contributed by atoms with E-state index in [0.717, 1.165) is 34.8 Å². The van der Waals surface area contributed by atoms with Gasteiger partial charge in [0.25, 0.3) is 0 Å². The summed E-state index contributed by atoms with van der Waals surface area (Å²) in [7, 11) is 0. The Hall–Kier alpha value is -2.49. The zero-order valence-corrected chi connectivity index (χ0v) is 11.9. The highest BCUT2D eigenvalue weighted by Gasteiger charge is 2.13. The second-order valence-corrected chi connectivity index (χ2v) is 5.14. The molecule has 0 amide bonds. The number of nitrogens with zero attached hydrogens (tertiary/aromatic N) is 2. The maximum atomic E-state index is 5.64. The SMILES string of the molecule is CCc1ccn2cc(-c3ccc4c(c3)OCCO4)nc2c1. The van der Waals surface area contributed by atoms with E-state index < -0.39 is 0 Å². The van der Waals surface area contributed by atoms with Crippen molar-refractivity contribution in [2.45, 2.75) is 13.3 Å². The van der Waals surface area contributed by atoms with E-state index >= 15 is 0 Å². The van der Waals surface area contributed by atoms with Crippen molar-refractivity contribution < 1.29 is 9.47 Å². The molecule has 0 aliphatic carbocycles. The minimum Gasteiger partial charge on any atom is -0.486 e. The van der Waals surface area contributed by atoms with Crippen molar-refractivity contribution in [2.24, 2.45) is 0 Å². The summed E-state index contributed by atoms with van der Waals surface area (Å²) in [5.74, 6) is 1.60. The number of rotatable bonds is 2. The highest BCUT2D eigenvalue weighted by atomic mass is 16.6. The summed E-state index contributed by atoms with van der Waals surface area (Å²) < 4.78 is 13.2. The van der Waals surface area contributed by atoms with Crippen molar-refractivity contribution >= 4 is 5.65 Å². The predicted molar refractivity (Wildman–Crippen MR) is 81.0 cm³/mol. The molecule has 1 aliphatic rings. The number of imidazole rings is 1. The van der Waals surface area contributed by atoms with Gasteiger partial charge in [-0.15, -0.1) is 0 Å². The molecule has 21 heavy (non-hydrogen) atoms. The molecule has 2 aromatic heterocycles. The van der Waals surface area contributed by atoms with Gasteiger partial charge < -0.3 is 13.9 Å². The Morgan fingerprint density at radius 3 is 2.81 bits per heavy atom. The summed E-state index contributed by atoms with van der Waals surface area (Å²) in [6.07, 6.45) is 5.12. The Balaban J connectivity index is 1.78. The van der Waals surface area contributed by atoms with Crippen molar-refractivity contribution in [3.8, 4) is 22.8 Å². The lowest BCUT2D eigenvalue weighted by Crippen LogP contribution is -2.15. The molecule has 0 atom stereocenters. The number of hydrogen-bond donors (Lipinski definition) is 0. The zero-order chi connectivity index (χ0) is 14.2. The Bertz CT molecular complexity index is 808. The van der Waals surface area contributed by atoms with E-state index in [0.29, 0.717) is 13.2 Å². The van der Waals surface area contributed by atoms with Crippen LogP contribution in [0.5, 0.6) is 11.5 Å². The molecule has 0 fully saturated rings.